The van der Waals surface area contributed by atoms with Crippen LogP contribution in [0.3, 0.4) is 0 Å². The van der Waals surface area contributed by atoms with E-state index in [-0.39, 0.29) is 23.5 Å². The summed E-state index contributed by atoms with van der Waals surface area (Å²) >= 11 is 14.1. The van der Waals surface area contributed by atoms with Gasteiger partial charge in [0.25, 0.3) is 5.56 Å². The van der Waals surface area contributed by atoms with E-state index in [0.29, 0.717) is 35.7 Å². The zero-order valence-corrected chi connectivity index (χ0v) is 24.0. The molecule has 1 aromatic heterocycles. The molecule has 1 aliphatic heterocycles. The number of carbonyl (C=O) groups excluding carboxylic acids is 2. The number of hydrogen-bond acceptors (Lipinski definition) is 7. The third-order valence-electron chi connectivity index (χ3n) is 5.27. The first-order valence-electron chi connectivity index (χ1n) is 10.7. The summed E-state index contributed by atoms with van der Waals surface area (Å²) in [6, 6.07) is 9.69. The molecule has 0 N–H and O–H groups in total. The highest BCUT2D eigenvalue weighted by Crippen LogP contribution is 2.34. The number of benzene rings is 2. The van der Waals surface area contributed by atoms with Gasteiger partial charge in [-0.25, -0.2) is 9.79 Å². The van der Waals surface area contributed by atoms with Crippen LogP contribution >= 0.6 is 54.8 Å². The van der Waals surface area contributed by atoms with Crippen molar-refractivity contribution in [1.82, 2.24) is 4.57 Å². The number of aromatic nitrogens is 1. The second-order valence-corrected chi connectivity index (χ2v) is 11.0. The lowest BCUT2D eigenvalue weighted by Gasteiger charge is -2.24. The highest BCUT2D eigenvalue weighted by atomic mass is 79.9. The minimum Gasteiger partial charge on any atom is -0.463 e. The Morgan fingerprint density at radius 2 is 1.92 bits per heavy atom. The molecule has 0 amide bonds. The third-order valence-corrected chi connectivity index (χ3v) is 7.55. The molecule has 4 rings (SSSR count). The fourth-order valence-corrected chi connectivity index (χ4v) is 6.33. The first-order chi connectivity index (χ1) is 17.1. The molecule has 2 heterocycles. The van der Waals surface area contributed by atoms with Gasteiger partial charge in [0.05, 0.1) is 32.9 Å². The van der Waals surface area contributed by atoms with Crippen molar-refractivity contribution < 1.29 is 19.1 Å². The van der Waals surface area contributed by atoms with Gasteiger partial charge < -0.3 is 9.47 Å². The lowest BCUT2D eigenvalue weighted by atomic mass is 9.96. The molecule has 2 aromatic carbocycles. The SMILES string of the molecule is CCOC(=O)C1=C(C)N=c2s/c(=C\c3cc(Br)cc(Br)c3OC(C)=O)c(=O)n2[C@@H]1c1ccc(Cl)cc1. The van der Waals surface area contributed by atoms with Gasteiger partial charge in [0.2, 0.25) is 0 Å². The average Bonchev–Trinajstić information content (AvgIpc) is 3.10. The molecule has 0 bridgehead atoms. The fraction of sp³-hybridized carbons (Fsp3) is 0.200. The van der Waals surface area contributed by atoms with Crippen molar-refractivity contribution in [2.24, 2.45) is 4.99 Å². The molecule has 1 atom stereocenters. The summed E-state index contributed by atoms with van der Waals surface area (Å²) in [5.74, 6) is -0.748. The summed E-state index contributed by atoms with van der Waals surface area (Å²) in [5.41, 5.74) is 1.60. The van der Waals surface area contributed by atoms with E-state index in [4.69, 9.17) is 21.1 Å². The van der Waals surface area contributed by atoms with Crippen molar-refractivity contribution in [3.05, 3.63) is 92.5 Å². The highest BCUT2D eigenvalue weighted by Gasteiger charge is 2.33. The molecule has 36 heavy (non-hydrogen) atoms. The molecule has 0 spiro atoms. The lowest BCUT2D eigenvalue weighted by molar-refractivity contribution is -0.139. The maximum Gasteiger partial charge on any atom is 0.338 e. The number of allylic oxidation sites excluding steroid dienone is 1. The molecule has 1 aliphatic rings. The molecule has 186 valence electrons. The number of thiazole rings is 1. The minimum absolute atomic E-state index is 0.185. The van der Waals surface area contributed by atoms with Gasteiger partial charge in [-0.1, -0.05) is 51.0 Å². The van der Waals surface area contributed by atoms with Gasteiger partial charge in [-0.2, -0.15) is 0 Å². The van der Waals surface area contributed by atoms with Crippen LogP contribution in [0.4, 0.5) is 0 Å². The standard InChI is InChI=1S/C25H19Br2ClN2O5S/c1-4-34-24(33)20-12(2)29-25-30(21(20)14-5-7-17(28)8-6-14)23(32)19(36-25)10-15-9-16(26)11-18(27)22(15)35-13(3)31/h5-11,21H,4H2,1-3H3/b19-10-/t21-/m1/s1. The summed E-state index contributed by atoms with van der Waals surface area (Å²) in [6.07, 6.45) is 1.64. The lowest BCUT2D eigenvalue weighted by Crippen LogP contribution is -2.39. The maximum absolute atomic E-state index is 13.8. The number of carbonyl (C=O) groups is 2. The van der Waals surface area contributed by atoms with Gasteiger partial charge in [-0.15, -0.1) is 0 Å². The predicted octanol–water partition coefficient (Wildman–Crippen LogP) is 4.90. The van der Waals surface area contributed by atoms with E-state index in [0.717, 1.165) is 4.47 Å². The Kier molecular flexibility index (Phi) is 7.99. The molecule has 3 aromatic rings. The van der Waals surface area contributed by atoms with Crippen LogP contribution in [0.2, 0.25) is 5.02 Å². The van der Waals surface area contributed by atoms with E-state index >= 15 is 0 Å². The van der Waals surface area contributed by atoms with Gasteiger partial charge in [0.1, 0.15) is 0 Å². The Morgan fingerprint density at radius 1 is 1.22 bits per heavy atom. The van der Waals surface area contributed by atoms with E-state index in [1.807, 2.05) is 0 Å². The molecule has 0 unspecified atom stereocenters. The molecule has 0 radical (unpaired) electrons. The molecule has 11 heteroatoms. The number of halogens is 3. The van der Waals surface area contributed by atoms with Crippen LogP contribution < -0.4 is 19.6 Å². The Balaban J connectivity index is 1.98. The van der Waals surface area contributed by atoms with E-state index in [1.54, 1.807) is 56.3 Å². The number of rotatable bonds is 5. The number of ether oxygens (including phenoxy) is 2. The van der Waals surface area contributed by atoms with Crippen molar-refractivity contribution >= 4 is 72.8 Å². The molecular formula is C25H19Br2ClN2O5S. The molecule has 0 fully saturated rings. The van der Waals surface area contributed by atoms with Crippen molar-refractivity contribution in [2.75, 3.05) is 6.61 Å². The maximum atomic E-state index is 13.8. The number of esters is 2. The normalized spacial score (nSPS) is 15.4. The summed E-state index contributed by atoms with van der Waals surface area (Å²) in [7, 11) is 0. The van der Waals surface area contributed by atoms with Crippen molar-refractivity contribution in [1.29, 1.82) is 0 Å². The highest BCUT2D eigenvalue weighted by molar-refractivity contribution is 9.11. The Bertz CT molecular complexity index is 1590. The predicted molar refractivity (Wildman–Crippen MR) is 145 cm³/mol. The second kappa shape index (κ2) is 10.8. The first kappa shape index (κ1) is 26.5. The summed E-state index contributed by atoms with van der Waals surface area (Å²) in [6.45, 7) is 4.93. The number of hydrogen-bond donors (Lipinski definition) is 0. The number of fused-ring (bicyclic) bond motifs is 1. The smallest absolute Gasteiger partial charge is 0.338 e. The summed E-state index contributed by atoms with van der Waals surface area (Å²) in [4.78, 5) is 43.4. The monoisotopic (exact) mass is 652 g/mol. The molecular weight excluding hydrogens is 636 g/mol. The Labute approximate surface area is 232 Å². The zero-order chi connectivity index (χ0) is 26.1. The van der Waals surface area contributed by atoms with Gasteiger partial charge >= 0.3 is 11.9 Å². The van der Waals surface area contributed by atoms with Gasteiger partial charge in [-0.05, 0) is 65.7 Å². The van der Waals surface area contributed by atoms with Crippen LogP contribution in [0.5, 0.6) is 5.75 Å². The van der Waals surface area contributed by atoms with E-state index in [1.165, 1.54) is 22.8 Å². The van der Waals surface area contributed by atoms with Crippen LogP contribution in [0.15, 0.2) is 66.4 Å². The molecule has 0 saturated carbocycles. The quantitative estimate of drug-likeness (QED) is 0.289. The van der Waals surface area contributed by atoms with E-state index in [9.17, 15) is 14.4 Å². The Morgan fingerprint density at radius 3 is 2.56 bits per heavy atom. The van der Waals surface area contributed by atoms with Crippen LogP contribution in [-0.4, -0.2) is 23.1 Å². The molecule has 0 aliphatic carbocycles. The summed E-state index contributed by atoms with van der Waals surface area (Å²) in [5, 5.41) is 0.530. The van der Waals surface area contributed by atoms with Crippen LogP contribution in [0.25, 0.3) is 6.08 Å². The summed E-state index contributed by atoms with van der Waals surface area (Å²) < 4.78 is 13.8. The topological polar surface area (TPSA) is 87.0 Å². The van der Waals surface area contributed by atoms with Gasteiger partial charge in [0.15, 0.2) is 10.6 Å². The van der Waals surface area contributed by atoms with Crippen molar-refractivity contribution in [3.63, 3.8) is 0 Å². The third kappa shape index (κ3) is 5.27. The fourth-order valence-electron chi connectivity index (χ4n) is 3.83. The molecule has 7 nitrogen and oxygen atoms in total. The second-order valence-electron chi connectivity index (χ2n) is 7.75. The largest absolute Gasteiger partial charge is 0.463 e. The van der Waals surface area contributed by atoms with Gasteiger partial charge in [0, 0.05) is 22.0 Å². The van der Waals surface area contributed by atoms with Crippen molar-refractivity contribution in [2.45, 2.75) is 26.8 Å². The Hall–Kier alpha value is -2.53. The number of nitrogens with zero attached hydrogens (tertiary/aromatic N) is 2. The van der Waals surface area contributed by atoms with E-state index < -0.39 is 18.0 Å². The first-order valence-corrected chi connectivity index (χ1v) is 13.5. The minimum atomic E-state index is -0.748. The molecule has 0 saturated heterocycles. The van der Waals surface area contributed by atoms with Crippen molar-refractivity contribution in [3.8, 4) is 5.75 Å². The van der Waals surface area contributed by atoms with Crippen LogP contribution in [-0.2, 0) is 14.3 Å². The average molecular weight is 655 g/mol. The van der Waals surface area contributed by atoms with E-state index in [2.05, 4.69) is 36.9 Å². The van der Waals surface area contributed by atoms with Gasteiger partial charge in [-0.3, -0.25) is 14.2 Å². The zero-order valence-electron chi connectivity index (χ0n) is 19.3. The van der Waals surface area contributed by atoms with Crippen LogP contribution in [0, 0.1) is 0 Å². The van der Waals surface area contributed by atoms with Crippen LogP contribution in [0.1, 0.15) is 37.9 Å².